The second kappa shape index (κ2) is 14.9. The quantitative estimate of drug-likeness (QED) is 0.224. The van der Waals surface area contributed by atoms with Crippen molar-refractivity contribution in [2.24, 2.45) is 23.7 Å². The van der Waals surface area contributed by atoms with E-state index in [4.69, 9.17) is 0 Å². The maximum Gasteiger partial charge on any atom is 0.349 e. The molecule has 0 aromatic heterocycles. The summed E-state index contributed by atoms with van der Waals surface area (Å²) in [6.07, 6.45) is 1.45. The molecule has 4 heteroatoms. The van der Waals surface area contributed by atoms with Gasteiger partial charge in [0.05, 0.1) is 0 Å². The molecule has 0 unspecified atom stereocenters. The summed E-state index contributed by atoms with van der Waals surface area (Å²) < 4.78 is 0. The Balaban J connectivity index is 4.00. The summed E-state index contributed by atoms with van der Waals surface area (Å²) in [5.74, 6) is 6.49. The van der Waals surface area contributed by atoms with Gasteiger partial charge in [-0.3, -0.25) is 20.3 Å². The predicted molar refractivity (Wildman–Crippen MR) is 120 cm³/mol. The van der Waals surface area contributed by atoms with Crippen LogP contribution in [0.1, 0.15) is 61.8 Å². The highest BCUT2D eigenvalue weighted by atomic mass is 32.3. The molecule has 0 aromatic carbocycles. The van der Waals surface area contributed by atoms with E-state index in [-0.39, 0.29) is 0 Å². The van der Waals surface area contributed by atoms with E-state index in [9.17, 15) is 0 Å². The van der Waals surface area contributed by atoms with Gasteiger partial charge in [-0.1, -0.05) is 100 Å². The van der Waals surface area contributed by atoms with E-state index >= 15 is 0 Å². The van der Waals surface area contributed by atoms with E-state index in [0.29, 0.717) is 0 Å². The van der Waals surface area contributed by atoms with Crippen molar-refractivity contribution in [3.8, 4) is 0 Å². The zero-order valence-electron chi connectivity index (χ0n) is 17.2. The zero-order valence-corrected chi connectivity index (χ0v) is 21.2. The molecular weight excluding hydrogens is 346 g/mol. The SMILES string of the molecule is CC(C)[CH2][Al]([CH2]C(C)C)[S]CCC[S][Al]([CH2]C(C)C)[CH2]C(C)C. The van der Waals surface area contributed by atoms with Gasteiger partial charge in [0.15, 0.2) is 0 Å². The lowest BCUT2D eigenvalue weighted by molar-refractivity contribution is 0.697. The molecule has 0 spiro atoms. The summed E-state index contributed by atoms with van der Waals surface area (Å²) in [6.45, 7) is 19.3. The van der Waals surface area contributed by atoms with Crippen LogP contribution in [0.15, 0.2) is 0 Å². The monoisotopic (exact) mass is 388 g/mol. The Labute approximate surface area is 163 Å². The Morgan fingerprint density at radius 2 is 0.783 bits per heavy atom. The van der Waals surface area contributed by atoms with Crippen LogP contribution in [-0.2, 0) is 0 Å². The molecule has 0 saturated carbocycles. The molecule has 0 radical (unpaired) electrons. The van der Waals surface area contributed by atoms with Crippen molar-refractivity contribution in [3.63, 3.8) is 0 Å². The van der Waals surface area contributed by atoms with E-state index < -0.39 is 26.0 Å². The first-order valence-electron chi connectivity index (χ1n) is 9.93. The van der Waals surface area contributed by atoms with Crippen LogP contribution in [0.3, 0.4) is 0 Å². The van der Waals surface area contributed by atoms with Gasteiger partial charge in [0.25, 0.3) is 0 Å². The van der Waals surface area contributed by atoms with E-state index in [2.05, 4.69) is 75.6 Å². The molecule has 0 nitrogen and oxygen atoms in total. The van der Waals surface area contributed by atoms with E-state index in [1.807, 2.05) is 0 Å². The number of hydrogen-bond donors (Lipinski definition) is 0. The Morgan fingerprint density at radius 3 is 1.00 bits per heavy atom. The topological polar surface area (TPSA) is 0 Å². The fraction of sp³-hybridized carbons (Fsp3) is 1.00. The van der Waals surface area contributed by atoms with Crippen molar-refractivity contribution in [2.45, 2.75) is 82.9 Å². The van der Waals surface area contributed by atoms with Crippen molar-refractivity contribution >= 4 is 46.3 Å². The van der Waals surface area contributed by atoms with Crippen LogP contribution in [0.25, 0.3) is 0 Å². The van der Waals surface area contributed by atoms with Crippen molar-refractivity contribution in [1.82, 2.24) is 0 Å². The number of hydrogen-bond acceptors (Lipinski definition) is 2. The first-order valence-corrected chi connectivity index (χ1v) is 18.1. The lowest BCUT2D eigenvalue weighted by Crippen LogP contribution is -2.16. The Bertz CT molecular complexity index is 222. The zero-order chi connectivity index (χ0) is 17.8. The van der Waals surface area contributed by atoms with Gasteiger partial charge in [0.2, 0.25) is 0 Å². The highest BCUT2D eigenvalue weighted by Gasteiger charge is 2.22. The first kappa shape index (κ1) is 24.8. The van der Waals surface area contributed by atoms with Crippen molar-refractivity contribution in [1.29, 1.82) is 0 Å². The van der Waals surface area contributed by atoms with Crippen LogP contribution in [0.4, 0.5) is 0 Å². The molecule has 0 aliphatic rings. The lowest BCUT2D eigenvalue weighted by atomic mass is 10.3. The molecule has 0 aliphatic carbocycles. The van der Waals surface area contributed by atoms with Gasteiger partial charge in [-0.25, -0.2) is 0 Å². The Hall–Kier alpha value is 1.76. The van der Waals surface area contributed by atoms with Crippen LogP contribution in [0, 0.1) is 23.7 Å². The molecule has 0 amide bonds. The standard InChI is InChI=1S/4C4H9.C3H8S2.2Al/c4*1-4(2)3;4-2-1-3-5;;/h4*4H,1H2,2-3H3;4-5H,1-3H2;;/q;;;;;2*+1/p-2. The van der Waals surface area contributed by atoms with Gasteiger partial charge < -0.3 is 0 Å². The maximum absolute atomic E-state index is 2.41. The molecule has 0 bridgehead atoms. The lowest BCUT2D eigenvalue weighted by Gasteiger charge is -2.17. The predicted octanol–water partition coefficient (Wildman–Crippen LogP) is 7.45. The van der Waals surface area contributed by atoms with Crippen molar-refractivity contribution in [2.75, 3.05) is 11.5 Å². The maximum atomic E-state index is 2.41. The molecular formula is C19H42Al2S2. The summed E-state index contributed by atoms with van der Waals surface area (Å²) in [6, 6.07) is 0. The third-order valence-electron chi connectivity index (χ3n) is 3.93. The van der Waals surface area contributed by atoms with Crippen LogP contribution in [0.5, 0.6) is 0 Å². The third-order valence-corrected chi connectivity index (χ3v) is 18.4. The molecule has 0 saturated heterocycles. The van der Waals surface area contributed by atoms with E-state index in [0.717, 1.165) is 23.7 Å². The minimum Gasteiger partial charge on any atom is -0.256 e. The minimum atomic E-state index is -0.545. The third kappa shape index (κ3) is 17.0. The average Bonchev–Trinajstić information content (AvgIpc) is 2.34. The molecule has 0 rings (SSSR count). The van der Waals surface area contributed by atoms with Gasteiger partial charge in [-0.15, -0.1) is 0 Å². The average molecular weight is 389 g/mol. The molecule has 0 atom stereocenters. The first-order chi connectivity index (χ1) is 10.7. The second-order valence-electron chi connectivity index (χ2n) is 8.86. The second-order valence-corrected chi connectivity index (χ2v) is 20.7. The molecule has 23 heavy (non-hydrogen) atoms. The largest absolute Gasteiger partial charge is 0.349 e. The van der Waals surface area contributed by atoms with Crippen molar-refractivity contribution < 1.29 is 0 Å². The molecule has 136 valence electrons. The molecule has 0 fully saturated rings. The smallest absolute Gasteiger partial charge is 0.256 e. The molecule has 0 aliphatic heterocycles. The number of rotatable bonds is 14. The van der Waals surface area contributed by atoms with Gasteiger partial charge in [-0.05, 0) is 17.9 Å². The fourth-order valence-corrected chi connectivity index (χ4v) is 19.0. The summed E-state index contributed by atoms with van der Waals surface area (Å²) in [7, 11) is 4.80. The van der Waals surface area contributed by atoms with Crippen molar-refractivity contribution in [3.05, 3.63) is 0 Å². The van der Waals surface area contributed by atoms with Gasteiger partial charge in [0, 0.05) is 0 Å². The van der Waals surface area contributed by atoms with E-state index in [1.165, 1.54) is 39.1 Å². The molecule has 0 N–H and O–H groups in total. The highest BCUT2D eigenvalue weighted by Crippen LogP contribution is 2.27. The summed E-state index contributed by atoms with van der Waals surface area (Å²) in [5.41, 5.74) is 0. The highest BCUT2D eigenvalue weighted by molar-refractivity contribution is 8.26. The molecule has 0 heterocycles. The summed E-state index contributed by atoms with van der Waals surface area (Å²) in [5, 5.41) is 6.14. The normalized spacial score (nSPS) is 12.0. The van der Waals surface area contributed by atoms with E-state index in [1.54, 1.807) is 0 Å². The Kier molecular flexibility index (Phi) is 16.0. The van der Waals surface area contributed by atoms with Crippen LogP contribution < -0.4 is 0 Å². The van der Waals surface area contributed by atoms with Crippen LogP contribution in [0.2, 0.25) is 21.1 Å². The minimum absolute atomic E-state index is 0.545. The molecule has 0 aromatic rings. The summed E-state index contributed by atoms with van der Waals surface area (Å²) >= 11 is -1.09. The van der Waals surface area contributed by atoms with Gasteiger partial charge in [-0.2, -0.15) is 0 Å². The van der Waals surface area contributed by atoms with Gasteiger partial charge in [0.1, 0.15) is 0 Å². The van der Waals surface area contributed by atoms with Crippen LogP contribution in [-0.4, -0.2) is 37.5 Å². The van der Waals surface area contributed by atoms with Crippen LogP contribution >= 0.6 is 20.3 Å². The Morgan fingerprint density at radius 1 is 0.522 bits per heavy atom. The van der Waals surface area contributed by atoms with Gasteiger partial charge >= 0.3 is 26.0 Å². The summed E-state index contributed by atoms with van der Waals surface area (Å²) in [4.78, 5) is 0. The fourth-order valence-electron chi connectivity index (χ4n) is 3.13.